The van der Waals surface area contributed by atoms with Gasteiger partial charge in [-0.2, -0.15) is 0 Å². The maximum Gasteiger partial charge on any atom is 0.305 e. The molecule has 0 aliphatic heterocycles. The van der Waals surface area contributed by atoms with Crippen molar-refractivity contribution in [2.24, 2.45) is 0 Å². The number of allylic oxidation sites excluding steroid dienone is 7. The highest BCUT2D eigenvalue weighted by Crippen LogP contribution is 2.18. The van der Waals surface area contributed by atoms with E-state index in [-0.39, 0.29) is 18.5 Å². The fourth-order valence-corrected chi connectivity index (χ4v) is 10.5. The van der Waals surface area contributed by atoms with E-state index in [0.29, 0.717) is 19.4 Å². The van der Waals surface area contributed by atoms with E-state index in [0.717, 1.165) is 57.8 Å². The predicted molar refractivity (Wildman–Crippen MR) is 338 cm³/mol. The van der Waals surface area contributed by atoms with Crippen molar-refractivity contribution in [1.82, 2.24) is 5.32 Å². The molecule has 3 N–H and O–H groups in total. The Bertz CT molecular complexity index is 1290. The molecule has 0 spiro atoms. The first-order valence-electron chi connectivity index (χ1n) is 34.4. The molecular formula is C71H133NO5. The number of rotatable bonds is 64. The zero-order valence-corrected chi connectivity index (χ0v) is 51.7. The number of aliphatic hydroxyl groups is 2. The third kappa shape index (κ3) is 62.9. The lowest BCUT2D eigenvalue weighted by Gasteiger charge is -2.20. The summed E-state index contributed by atoms with van der Waals surface area (Å²) in [4.78, 5) is 24.6. The number of unbranched alkanes of at least 4 members (excludes halogenated alkanes) is 47. The molecule has 0 aliphatic carbocycles. The molecule has 0 bridgehead atoms. The Morgan fingerprint density at radius 2 is 0.649 bits per heavy atom. The molecule has 0 aromatic rings. The summed E-state index contributed by atoms with van der Waals surface area (Å²) in [7, 11) is 0. The van der Waals surface area contributed by atoms with Crippen LogP contribution in [0.15, 0.2) is 48.6 Å². The molecule has 77 heavy (non-hydrogen) atoms. The minimum atomic E-state index is -0.850. The summed E-state index contributed by atoms with van der Waals surface area (Å²) in [5.74, 6) is -0.0682. The summed E-state index contributed by atoms with van der Waals surface area (Å²) in [6, 6.07) is -0.634. The zero-order chi connectivity index (χ0) is 55.7. The Hall–Kier alpha value is -2.18. The average molecular weight is 1080 g/mol. The van der Waals surface area contributed by atoms with Gasteiger partial charge in [-0.05, 0) is 89.9 Å². The molecule has 0 rings (SSSR count). The second-order valence-electron chi connectivity index (χ2n) is 23.5. The van der Waals surface area contributed by atoms with Crippen LogP contribution in [0.4, 0.5) is 0 Å². The summed E-state index contributed by atoms with van der Waals surface area (Å²) >= 11 is 0. The highest BCUT2D eigenvalue weighted by molar-refractivity contribution is 5.76. The van der Waals surface area contributed by atoms with Crippen molar-refractivity contribution in [3.63, 3.8) is 0 Å². The van der Waals surface area contributed by atoms with Crippen LogP contribution in [-0.2, 0) is 14.3 Å². The third-order valence-corrected chi connectivity index (χ3v) is 15.8. The van der Waals surface area contributed by atoms with E-state index in [1.165, 1.54) is 283 Å². The highest BCUT2D eigenvalue weighted by Gasteiger charge is 2.18. The number of amides is 1. The Balaban J connectivity index is 3.43. The summed E-state index contributed by atoms with van der Waals surface area (Å²) in [5.41, 5.74) is 0. The van der Waals surface area contributed by atoms with Gasteiger partial charge in [-0.3, -0.25) is 9.59 Å². The molecule has 6 nitrogen and oxygen atoms in total. The molecule has 0 fully saturated rings. The van der Waals surface area contributed by atoms with Crippen molar-refractivity contribution in [1.29, 1.82) is 0 Å². The maximum absolute atomic E-state index is 12.5. The van der Waals surface area contributed by atoms with Gasteiger partial charge in [0.05, 0.1) is 25.4 Å². The van der Waals surface area contributed by atoms with Crippen LogP contribution >= 0.6 is 0 Å². The standard InChI is InChI=1S/C71H133NO5/c1-3-5-7-9-11-13-15-17-19-21-28-31-35-39-43-47-51-55-59-63-69(74)68(67-73)72-70(75)64-60-56-52-48-44-40-36-32-29-26-24-23-25-27-30-34-38-42-46-50-54-58-62-66-77-71(76)65-61-57-53-49-45-41-37-33-22-20-18-16-14-12-10-8-6-4-2/h14,16,20,22,26,29,59,63,68-69,73-74H,3-13,15,17-19,21,23-25,27-28,30-58,60-62,64-67H2,1-2H3,(H,72,75)/b16-14-,22-20-,29-26-,63-59+. The molecule has 6 heteroatoms. The van der Waals surface area contributed by atoms with Crippen LogP contribution in [0.2, 0.25) is 0 Å². The first-order chi connectivity index (χ1) is 38.0. The lowest BCUT2D eigenvalue weighted by atomic mass is 10.0. The van der Waals surface area contributed by atoms with Crippen LogP contribution in [-0.4, -0.2) is 47.4 Å². The van der Waals surface area contributed by atoms with Gasteiger partial charge in [0.15, 0.2) is 0 Å². The Kier molecular flexibility index (Phi) is 64.5. The number of nitrogens with one attached hydrogen (secondary N) is 1. The van der Waals surface area contributed by atoms with Gasteiger partial charge in [0, 0.05) is 12.8 Å². The molecule has 2 unspecified atom stereocenters. The predicted octanol–water partition coefficient (Wildman–Crippen LogP) is 22.1. The topological polar surface area (TPSA) is 95.9 Å². The number of ether oxygens (including phenoxy) is 1. The normalized spacial score (nSPS) is 12.8. The highest BCUT2D eigenvalue weighted by atomic mass is 16.5. The molecule has 0 aliphatic rings. The third-order valence-electron chi connectivity index (χ3n) is 15.8. The number of hydrogen-bond acceptors (Lipinski definition) is 5. The smallest absolute Gasteiger partial charge is 0.305 e. The molecular weight excluding hydrogens is 947 g/mol. The summed E-state index contributed by atoms with van der Waals surface area (Å²) < 4.78 is 5.50. The summed E-state index contributed by atoms with van der Waals surface area (Å²) in [6.45, 7) is 4.90. The van der Waals surface area contributed by atoms with Crippen molar-refractivity contribution in [2.75, 3.05) is 13.2 Å². The fraction of sp³-hybridized carbons (Fsp3) is 0.859. The molecule has 2 atom stereocenters. The van der Waals surface area contributed by atoms with Crippen LogP contribution in [0.3, 0.4) is 0 Å². The van der Waals surface area contributed by atoms with Gasteiger partial charge in [-0.15, -0.1) is 0 Å². The Labute approximate surface area is 480 Å². The van der Waals surface area contributed by atoms with Crippen molar-refractivity contribution >= 4 is 11.9 Å². The molecule has 452 valence electrons. The Morgan fingerprint density at radius 3 is 1.01 bits per heavy atom. The van der Waals surface area contributed by atoms with E-state index >= 15 is 0 Å². The SMILES string of the molecule is CCCCCC/C=C\C/C=C\CCCCCCCCCC(=O)OCCCCCCCCCCCCCC/C=C\CCCCCCCCCC(=O)NC(CO)C(O)/C=C/CCCCCCCCCCCCCCCCCCC. The molecule has 0 heterocycles. The van der Waals surface area contributed by atoms with Crippen LogP contribution < -0.4 is 5.32 Å². The van der Waals surface area contributed by atoms with Gasteiger partial charge >= 0.3 is 5.97 Å². The number of aliphatic hydroxyl groups excluding tert-OH is 2. The molecule has 1 amide bonds. The van der Waals surface area contributed by atoms with E-state index in [1.54, 1.807) is 6.08 Å². The van der Waals surface area contributed by atoms with Crippen molar-refractivity contribution < 1.29 is 24.5 Å². The molecule has 0 aromatic heterocycles. The molecule has 0 radical (unpaired) electrons. The average Bonchev–Trinajstić information content (AvgIpc) is 3.43. The first-order valence-corrected chi connectivity index (χ1v) is 34.4. The van der Waals surface area contributed by atoms with Crippen LogP contribution in [0.1, 0.15) is 367 Å². The van der Waals surface area contributed by atoms with Gasteiger partial charge in [0.1, 0.15) is 0 Å². The van der Waals surface area contributed by atoms with Gasteiger partial charge in [0.25, 0.3) is 0 Å². The number of esters is 1. The van der Waals surface area contributed by atoms with Crippen LogP contribution in [0.25, 0.3) is 0 Å². The minimum absolute atomic E-state index is 0.00379. The summed E-state index contributed by atoms with van der Waals surface area (Å²) in [6.07, 6.45) is 86.0. The fourth-order valence-electron chi connectivity index (χ4n) is 10.5. The molecule has 0 saturated carbocycles. The van der Waals surface area contributed by atoms with Gasteiger partial charge in [0.2, 0.25) is 5.91 Å². The van der Waals surface area contributed by atoms with E-state index in [1.807, 2.05) is 6.08 Å². The zero-order valence-electron chi connectivity index (χ0n) is 51.7. The van der Waals surface area contributed by atoms with Gasteiger partial charge in [-0.1, -0.05) is 313 Å². The van der Waals surface area contributed by atoms with Gasteiger partial charge < -0.3 is 20.3 Å². The second-order valence-corrected chi connectivity index (χ2v) is 23.5. The minimum Gasteiger partial charge on any atom is -0.466 e. The van der Waals surface area contributed by atoms with Crippen molar-refractivity contribution in [2.45, 2.75) is 379 Å². The number of hydrogen-bond donors (Lipinski definition) is 3. The van der Waals surface area contributed by atoms with Crippen molar-refractivity contribution in [3.8, 4) is 0 Å². The van der Waals surface area contributed by atoms with Crippen molar-refractivity contribution in [3.05, 3.63) is 48.6 Å². The monoisotopic (exact) mass is 1080 g/mol. The van der Waals surface area contributed by atoms with Crippen LogP contribution in [0.5, 0.6) is 0 Å². The van der Waals surface area contributed by atoms with E-state index in [2.05, 4.69) is 55.6 Å². The number of carbonyl (C=O) groups is 2. The summed E-state index contributed by atoms with van der Waals surface area (Å²) in [5, 5.41) is 23.2. The second kappa shape index (κ2) is 66.3. The maximum atomic E-state index is 12.5. The largest absolute Gasteiger partial charge is 0.466 e. The van der Waals surface area contributed by atoms with Crippen LogP contribution in [0, 0.1) is 0 Å². The van der Waals surface area contributed by atoms with Gasteiger partial charge in [-0.25, -0.2) is 0 Å². The van der Waals surface area contributed by atoms with E-state index < -0.39 is 12.1 Å². The van der Waals surface area contributed by atoms with E-state index in [4.69, 9.17) is 4.74 Å². The lowest BCUT2D eigenvalue weighted by molar-refractivity contribution is -0.143. The first kappa shape index (κ1) is 74.8. The Morgan fingerprint density at radius 1 is 0.364 bits per heavy atom. The molecule has 0 aromatic carbocycles. The molecule has 0 saturated heterocycles. The number of carbonyl (C=O) groups excluding carboxylic acids is 2. The van der Waals surface area contributed by atoms with E-state index in [9.17, 15) is 19.8 Å². The lowest BCUT2D eigenvalue weighted by Crippen LogP contribution is -2.45. The quantitative estimate of drug-likeness (QED) is 0.0320.